The number of furan rings is 5. The van der Waals surface area contributed by atoms with Gasteiger partial charge in [0.15, 0.2) is 58.9 Å². The van der Waals surface area contributed by atoms with Crippen molar-refractivity contribution in [2.24, 2.45) is 41.1 Å². The number of fused-ring (bicyclic) bond motifs is 15. The zero-order valence-electron chi connectivity index (χ0n) is 95.3. The summed E-state index contributed by atoms with van der Waals surface area (Å²) in [4.78, 5) is 23.0. The molecule has 1 unspecified atom stereocenters. The van der Waals surface area contributed by atoms with Gasteiger partial charge in [-0.25, -0.2) is 47.8 Å². The van der Waals surface area contributed by atoms with Gasteiger partial charge in [-0.05, 0) is 228 Å². The molecule has 1 fully saturated rings. The van der Waals surface area contributed by atoms with E-state index in [9.17, 15) is 0 Å². The summed E-state index contributed by atoms with van der Waals surface area (Å²) < 4.78 is 147. The molecule has 15 heterocycles. The van der Waals surface area contributed by atoms with E-state index in [4.69, 9.17) is 39.9 Å². The Kier molecular flexibility index (Phi) is 22.5. The smallest absolute Gasteiger partial charge is 0.227 e. The van der Waals surface area contributed by atoms with E-state index in [2.05, 4.69) is 288 Å². The monoisotopic (exact) mass is 1810 g/mol. The van der Waals surface area contributed by atoms with Gasteiger partial charge in [0.2, 0.25) is 57.0 Å². The van der Waals surface area contributed by atoms with Crippen LogP contribution >= 0.6 is 0 Å². The van der Waals surface area contributed by atoms with Gasteiger partial charge in [0.25, 0.3) is 0 Å². The Morgan fingerprint density at radius 1 is 0.341 bits per heavy atom. The third-order valence-corrected chi connectivity index (χ3v) is 26.3. The van der Waals surface area contributed by atoms with E-state index in [1.165, 1.54) is 45.9 Å². The van der Waals surface area contributed by atoms with Crippen LogP contribution in [0, 0.1) is 47.4 Å². The zero-order chi connectivity index (χ0) is 107. The van der Waals surface area contributed by atoms with Crippen LogP contribution in [0.1, 0.15) is 266 Å². The van der Waals surface area contributed by atoms with E-state index in [1.807, 2.05) is 94.9 Å². The minimum absolute atomic E-state index is 0.0200. The second kappa shape index (κ2) is 38.9. The van der Waals surface area contributed by atoms with Crippen LogP contribution in [-0.2, 0) is 54.5 Å². The standard InChI is InChI=1S/C26H29N2O.C25H29N2O.C24H27N2O.C23H25N2O.C22H23N2O/c1-4-18-11-15-23(28(3)16-18)24-17(2)10-12-20-21-13-14-22(19-8-6-5-7-9-19)27-26(21)29-25(20)24;1-15(2)13-19-9-11-21-20-10-7-17(5)23(24(20)28-25(21)26-19)22-12-8-18(16(3)4)14-27(22)6;1-14(2)17-8-12-21(26(6)13-17)22-16(5)7-9-18-19-10-11-20(15(3)4)25-24(19)27-23(18)22;1-6-17-9-11-19-18-10-7-15(4)21(22(18)26-23(19)24-17)20-12-8-16(14(2)3)13-25(20)5;1-13(2)16-8-11-19(24(5)12-16)20-14(3)6-9-17-18-10-7-15(4)23-22(18)25-21(17)20/h10-16,19H,4-9H2,1-3H3;7-12,14-16H,13H2,1-6H3;7-15H,1-6H3;7-14H,6H2,1-5H3;6-13H,1-5H3/q5*+1/i1D3,8D2,9D2,19D;1D3,15D;15D;;. The Hall–Kier alpha value is -13.4. The molecule has 0 bridgehead atoms. The van der Waals surface area contributed by atoms with Gasteiger partial charge in [0, 0.05) is 164 Å². The molecule has 0 amide bonds. The first kappa shape index (κ1) is 78.0. The minimum Gasteiger partial charge on any atom is -0.437 e. The highest BCUT2D eigenvalue weighted by molar-refractivity contribution is 6.13. The van der Waals surface area contributed by atoms with Crippen molar-refractivity contribution in [1.29, 1.82) is 0 Å². The summed E-state index contributed by atoms with van der Waals surface area (Å²) in [5.74, 6) is -2.60. The van der Waals surface area contributed by atoms with Crippen molar-refractivity contribution in [3.8, 4) is 56.3 Å². The third kappa shape index (κ3) is 18.6. The fraction of sp³-hybridized carbons (Fsp3) is 0.333. The minimum atomic E-state index is -2.39. The average molecular weight is 1810 g/mol. The number of aromatic nitrogens is 10. The number of aryl methyl sites for hydroxylation is 13. The third-order valence-electron chi connectivity index (χ3n) is 26.3. The lowest BCUT2D eigenvalue weighted by Gasteiger charge is -2.20. The molecule has 0 radical (unpaired) electrons. The SMILES string of the molecule is CCc1ccc2c(n1)oc1c(-c3ccc(C(C)C)c[n+]3C)c(C)ccc12.Cc1ccc2c(n1)oc1c(-c3ccc(C(C)C)c[n+]3C)c(C)ccc12.[2H]C(C)(C)c1ccc2c(n1)oc1c(-c3ccc(C(C)C)c[n+]3C)c(C)ccc12.[2H]C([2H])([2H])C([2H])(C)Cc1ccc2c(n1)oc1c(-c3ccc(C(C)C)c[n+]3C)c(C)ccc12.[2H]C([2H])([2H])Cc1ccc(-c2c(C)ccc3c2oc2nc(C4([2H])C([2H])([2H])CCCC4([2H])[2H])ccc23)[n+](C)c1. The molecule has 1 aliphatic carbocycles. The molecule has 688 valence electrons. The summed E-state index contributed by atoms with van der Waals surface area (Å²) in [5.41, 5.74) is 32.2. The molecule has 15 heteroatoms. The lowest BCUT2D eigenvalue weighted by molar-refractivity contribution is -0.661. The fourth-order valence-electron chi connectivity index (χ4n) is 18.5. The van der Waals surface area contributed by atoms with E-state index in [0.717, 1.165) is 162 Å². The molecule has 15 aromatic heterocycles. The quantitative estimate of drug-likeness (QED) is 0.0908. The van der Waals surface area contributed by atoms with Crippen LogP contribution in [0.4, 0.5) is 0 Å². The fourth-order valence-corrected chi connectivity index (χ4v) is 18.5. The van der Waals surface area contributed by atoms with Gasteiger partial charge in [0.1, 0.15) is 35.2 Å². The summed E-state index contributed by atoms with van der Waals surface area (Å²) in [5, 5.41) is 9.81. The van der Waals surface area contributed by atoms with Crippen molar-refractivity contribution in [2.75, 3.05) is 0 Å². The van der Waals surface area contributed by atoms with Crippen molar-refractivity contribution >= 4 is 110 Å². The Morgan fingerprint density at radius 3 is 1.01 bits per heavy atom. The van der Waals surface area contributed by atoms with Gasteiger partial charge in [-0.15, -0.1) is 0 Å². The average Bonchev–Trinajstić information content (AvgIpc) is 1.10. The van der Waals surface area contributed by atoms with Gasteiger partial charge in [-0.1, -0.05) is 177 Å². The number of benzene rings is 5. The number of rotatable bonds is 15. The van der Waals surface area contributed by atoms with E-state index >= 15 is 0 Å². The Balaban J connectivity index is 0.000000127. The maximum Gasteiger partial charge on any atom is 0.227 e. The first-order chi connectivity index (χ1) is 69.6. The van der Waals surface area contributed by atoms with Crippen molar-refractivity contribution in [1.82, 2.24) is 24.9 Å². The molecule has 0 saturated heterocycles. The Labute approximate surface area is 813 Å². The van der Waals surface area contributed by atoms with Gasteiger partial charge in [0.05, 0.1) is 27.8 Å². The van der Waals surface area contributed by atoms with Crippen molar-refractivity contribution in [2.45, 2.75) is 225 Å². The van der Waals surface area contributed by atoms with Gasteiger partial charge < -0.3 is 22.1 Å². The van der Waals surface area contributed by atoms with Gasteiger partial charge in [-0.2, -0.15) is 0 Å². The van der Waals surface area contributed by atoms with Crippen molar-refractivity contribution in [3.05, 3.63) is 297 Å². The second-order valence-electron chi connectivity index (χ2n) is 38.0. The van der Waals surface area contributed by atoms with Crippen LogP contribution < -0.4 is 22.8 Å². The molecule has 15 nitrogen and oxygen atoms in total. The largest absolute Gasteiger partial charge is 0.437 e. The van der Waals surface area contributed by atoms with Crippen LogP contribution in [0.25, 0.3) is 167 Å². The number of nitrogens with zero attached hydrogens (tertiary/aromatic N) is 10. The Morgan fingerprint density at radius 2 is 0.659 bits per heavy atom. The molecule has 0 N–H and O–H groups in total. The highest BCUT2D eigenvalue weighted by Gasteiger charge is 2.30. The molecule has 20 aromatic rings. The maximum absolute atomic E-state index is 9.00. The maximum atomic E-state index is 9.00. The van der Waals surface area contributed by atoms with Crippen LogP contribution in [0.3, 0.4) is 0 Å². The van der Waals surface area contributed by atoms with Crippen molar-refractivity contribution < 1.29 is 62.7 Å². The molecule has 135 heavy (non-hydrogen) atoms. The summed E-state index contributed by atoms with van der Waals surface area (Å²) in [6.07, 6.45) is 7.85. The van der Waals surface area contributed by atoms with Gasteiger partial charge >= 0.3 is 0 Å². The molecule has 0 spiro atoms. The second-order valence-corrected chi connectivity index (χ2v) is 38.0. The molecule has 5 aromatic carbocycles. The van der Waals surface area contributed by atoms with E-state index in [0.29, 0.717) is 75.2 Å². The molecule has 1 aliphatic rings. The number of hydrogen-bond donors (Lipinski definition) is 0. The van der Waals surface area contributed by atoms with Crippen molar-refractivity contribution in [3.63, 3.8) is 0 Å². The van der Waals surface area contributed by atoms with Crippen LogP contribution in [-0.4, -0.2) is 24.9 Å². The Bertz CT molecular complexity index is 8550. The van der Waals surface area contributed by atoms with E-state index < -0.39 is 44.1 Å². The van der Waals surface area contributed by atoms with E-state index in [1.54, 1.807) is 30.5 Å². The predicted molar refractivity (Wildman–Crippen MR) is 553 cm³/mol. The molecular formula is C120H133N10O5+5. The topological polar surface area (TPSA) is 150 Å². The zero-order valence-corrected chi connectivity index (χ0v) is 82.3. The first-order valence-electron chi connectivity index (χ1n) is 53.7. The summed E-state index contributed by atoms with van der Waals surface area (Å²) in [6.45, 7) is 32.8. The highest BCUT2D eigenvalue weighted by Crippen LogP contribution is 2.45. The first-order valence-corrected chi connectivity index (χ1v) is 47.2. The summed E-state index contributed by atoms with van der Waals surface area (Å²) >= 11 is 0. The van der Waals surface area contributed by atoms with Crippen LogP contribution in [0.15, 0.2) is 235 Å². The lowest BCUT2D eigenvalue weighted by Crippen LogP contribution is -2.31. The normalized spacial score (nSPS) is 15.7. The van der Waals surface area contributed by atoms with Crippen LogP contribution in [0.5, 0.6) is 0 Å². The molecular weight excluding hydrogens is 1660 g/mol. The van der Waals surface area contributed by atoms with Crippen LogP contribution in [0.2, 0.25) is 0 Å². The highest BCUT2D eigenvalue weighted by atomic mass is 16.4. The van der Waals surface area contributed by atoms with E-state index in [-0.39, 0.29) is 37.1 Å². The summed E-state index contributed by atoms with van der Waals surface area (Å²) in [6, 6.07) is 61.4. The lowest BCUT2D eigenvalue weighted by atomic mass is 9.86. The summed E-state index contributed by atoms with van der Waals surface area (Å²) in [7, 11) is 10.2. The van der Waals surface area contributed by atoms with Gasteiger partial charge in [-0.3, -0.25) is 0 Å². The number of pyridine rings is 10. The molecule has 1 atom stereocenters. The number of hydrogen-bond acceptors (Lipinski definition) is 10. The predicted octanol–water partition coefficient (Wildman–Crippen LogP) is 29.2. The molecule has 0 aliphatic heterocycles. The molecule has 21 rings (SSSR count). The molecule has 1 saturated carbocycles.